The Morgan fingerprint density at radius 1 is 1.18 bits per heavy atom. The predicted molar refractivity (Wildman–Crippen MR) is 84.6 cm³/mol. The van der Waals surface area contributed by atoms with Crippen molar-refractivity contribution in [3.63, 3.8) is 0 Å². The number of carbonyl (C=O) groups is 1. The van der Waals surface area contributed by atoms with Crippen molar-refractivity contribution < 1.29 is 19.0 Å². The number of hydrogen-bond donors (Lipinski definition) is 2. The Balaban J connectivity index is 0.00000116. The zero-order chi connectivity index (χ0) is 16.8. The molecule has 0 aliphatic carbocycles. The quantitative estimate of drug-likeness (QED) is 0.817. The zero-order valence-electron chi connectivity index (χ0n) is 14.1. The molecule has 0 spiro atoms. The summed E-state index contributed by atoms with van der Waals surface area (Å²) in [5.41, 5.74) is 6.10. The van der Waals surface area contributed by atoms with Crippen molar-refractivity contribution in [1.82, 2.24) is 10.9 Å². The van der Waals surface area contributed by atoms with Crippen LogP contribution in [0.1, 0.15) is 39.3 Å². The van der Waals surface area contributed by atoms with Crippen molar-refractivity contribution in [3.8, 4) is 11.5 Å². The van der Waals surface area contributed by atoms with Crippen LogP contribution in [-0.4, -0.2) is 26.9 Å². The molecular weight excluding hydrogens is 284 g/mol. The minimum Gasteiger partial charge on any atom is -0.493 e. The smallest absolute Gasteiger partial charge is 0.241 e. The molecule has 1 atom stereocenters. The fourth-order valence-electron chi connectivity index (χ4n) is 2.22. The summed E-state index contributed by atoms with van der Waals surface area (Å²) in [6.07, 6.45) is 0. The molecule has 0 aromatic heterocycles. The standard InChI is InChI=1S/C14H20N2O4.C2H6/c1-14(2)12(15-16-13(14)17)9-5-6-10(20-8-18-3)11(7-9)19-4;1-2/h5-7,12,15H,8H2,1-4H3,(H,16,17);1-2H3. The van der Waals surface area contributed by atoms with Crippen LogP contribution in [0.15, 0.2) is 18.2 Å². The molecule has 0 bridgehead atoms. The van der Waals surface area contributed by atoms with Gasteiger partial charge in [-0.15, -0.1) is 0 Å². The van der Waals surface area contributed by atoms with Gasteiger partial charge in [0.15, 0.2) is 18.3 Å². The van der Waals surface area contributed by atoms with Gasteiger partial charge in [-0.05, 0) is 31.5 Å². The maximum Gasteiger partial charge on any atom is 0.241 e. The van der Waals surface area contributed by atoms with Crippen molar-refractivity contribution in [2.75, 3.05) is 21.0 Å². The van der Waals surface area contributed by atoms with Gasteiger partial charge in [0.1, 0.15) is 0 Å². The van der Waals surface area contributed by atoms with E-state index >= 15 is 0 Å². The summed E-state index contributed by atoms with van der Waals surface area (Å²) >= 11 is 0. The lowest BCUT2D eigenvalue weighted by atomic mass is 9.81. The van der Waals surface area contributed by atoms with Gasteiger partial charge in [-0.2, -0.15) is 0 Å². The van der Waals surface area contributed by atoms with E-state index in [1.807, 2.05) is 45.9 Å². The summed E-state index contributed by atoms with van der Waals surface area (Å²) in [7, 11) is 3.14. The van der Waals surface area contributed by atoms with E-state index < -0.39 is 5.41 Å². The van der Waals surface area contributed by atoms with Crippen LogP contribution >= 0.6 is 0 Å². The second-order valence-electron chi connectivity index (χ2n) is 5.21. The first kappa shape index (κ1) is 18.3. The minimum absolute atomic E-state index is 0.0267. The molecule has 1 unspecified atom stereocenters. The first-order chi connectivity index (χ1) is 10.5. The van der Waals surface area contributed by atoms with Crippen LogP contribution in [-0.2, 0) is 9.53 Å². The fraction of sp³-hybridized carbons (Fsp3) is 0.562. The van der Waals surface area contributed by atoms with Gasteiger partial charge in [0, 0.05) is 7.11 Å². The van der Waals surface area contributed by atoms with Crippen LogP contribution in [0.4, 0.5) is 0 Å². The number of hydrazine groups is 1. The van der Waals surface area contributed by atoms with Crippen LogP contribution in [0.25, 0.3) is 0 Å². The Kier molecular flexibility index (Phi) is 6.64. The lowest BCUT2D eigenvalue weighted by Gasteiger charge is -2.24. The molecular formula is C16H26N2O4. The molecule has 22 heavy (non-hydrogen) atoms. The van der Waals surface area contributed by atoms with Gasteiger partial charge in [0.2, 0.25) is 5.91 Å². The summed E-state index contributed by atoms with van der Waals surface area (Å²) in [6.45, 7) is 7.95. The lowest BCUT2D eigenvalue weighted by molar-refractivity contribution is -0.126. The average Bonchev–Trinajstić information content (AvgIpc) is 2.81. The summed E-state index contributed by atoms with van der Waals surface area (Å²) in [5, 5.41) is 0. The minimum atomic E-state index is -0.528. The molecule has 2 N–H and O–H groups in total. The van der Waals surface area contributed by atoms with E-state index in [1.54, 1.807) is 14.2 Å². The molecule has 6 nitrogen and oxygen atoms in total. The molecule has 1 aliphatic rings. The topological polar surface area (TPSA) is 68.8 Å². The molecule has 1 fully saturated rings. The highest BCUT2D eigenvalue weighted by Crippen LogP contribution is 2.39. The molecule has 1 aromatic rings. The third-order valence-corrected chi connectivity index (χ3v) is 3.49. The number of hydrogen-bond acceptors (Lipinski definition) is 5. The molecule has 0 saturated carbocycles. The highest BCUT2D eigenvalue weighted by molar-refractivity contribution is 5.84. The average molecular weight is 310 g/mol. The number of amides is 1. The molecule has 6 heteroatoms. The van der Waals surface area contributed by atoms with E-state index in [1.165, 1.54) is 0 Å². The molecule has 0 radical (unpaired) electrons. The van der Waals surface area contributed by atoms with E-state index in [2.05, 4.69) is 10.9 Å². The number of nitrogens with one attached hydrogen (secondary N) is 2. The number of benzene rings is 1. The number of carbonyl (C=O) groups excluding carboxylic acids is 1. The van der Waals surface area contributed by atoms with Gasteiger partial charge in [0.05, 0.1) is 18.6 Å². The van der Waals surface area contributed by atoms with Crippen molar-refractivity contribution in [2.45, 2.75) is 33.7 Å². The van der Waals surface area contributed by atoms with Crippen molar-refractivity contribution in [3.05, 3.63) is 23.8 Å². The first-order valence-corrected chi connectivity index (χ1v) is 7.36. The Bertz CT molecular complexity index is 503. The van der Waals surface area contributed by atoms with Crippen molar-refractivity contribution in [2.24, 2.45) is 5.41 Å². The molecule has 1 amide bonds. The number of ether oxygens (including phenoxy) is 3. The molecule has 1 aliphatic heterocycles. The summed E-state index contributed by atoms with van der Waals surface area (Å²) < 4.78 is 15.6. The monoisotopic (exact) mass is 310 g/mol. The predicted octanol–water partition coefficient (Wildman–Crippen LogP) is 2.41. The second-order valence-corrected chi connectivity index (χ2v) is 5.21. The van der Waals surface area contributed by atoms with Gasteiger partial charge >= 0.3 is 0 Å². The van der Waals surface area contributed by atoms with Crippen LogP contribution in [0.2, 0.25) is 0 Å². The van der Waals surface area contributed by atoms with Crippen LogP contribution in [0, 0.1) is 5.41 Å². The van der Waals surface area contributed by atoms with Crippen LogP contribution in [0.5, 0.6) is 11.5 Å². The highest BCUT2D eigenvalue weighted by Gasteiger charge is 2.43. The van der Waals surface area contributed by atoms with Gasteiger partial charge in [0.25, 0.3) is 0 Å². The summed E-state index contributed by atoms with van der Waals surface area (Å²) in [4.78, 5) is 11.8. The number of methoxy groups -OCH3 is 2. The normalized spacial score (nSPS) is 19.0. The zero-order valence-corrected chi connectivity index (χ0v) is 14.1. The summed E-state index contributed by atoms with van der Waals surface area (Å²) in [6, 6.07) is 5.46. The van der Waals surface area contributed by atoms with E-state index in [4.69, 9.17) is 14.2 Å². The lowest BCUT2D eigenvalue weighted by Crippen LogP contribution is -2.28. The third kappa shape index (κ3) is 3.69. The fourth-order valence-corrected chi connectivity index (χ4v) is 2.22. The van der Waals surface area contributed by atoms with Crippen molar-refractivity contribution in [1.29, 1.82) is 0 Å². The first-order valence-electron chi connectivity index (χ1n) is 7.36. The van der Waals surface area contributed by atoms with E-state index in [9.17, 15) is 4.79 Å². The Labute approximate surface area is 132 Å². The second kappa shape index (κ2) is 8.00. The maximum absolute atomic E-state index is 11.8. The molecule has 124 valence electrons. The van der Waals surface area contributed by atoms with Crippen LogP contribution in [0.3, 0.4) is 0 Å². The maximum atomic E-state index is 11.8. The van der Waals surface area contributed by atoms with Gasteiger partial charge in [-0.3, -0.25) is 10.2 Å². The molecule has 1 saturated heterocycles. The largest absolute Gasteiger partial charge is 0.493 e. The van der Waals surface area contributed by atoms with Gasteiger partial charge < -0.3 is 14.2 Å². The third-order valence-electron chi connectivity index (χ3n) is 3.49. The van der Waals surface area contributed by atoms with Gasteiger partial charge in [-0.25, -0.2) is 5.43 Å². The van der Waals surface area contributed by atoms with Crippen LogP contribution < -0.4 is 20.3 Å². The SMILES string of the molecule is CC.COCOc1ccc(C2NNC(=O)C2(C)C)cc1OC. The molecule has 1 heterocycles. The van der Waals surface area contributed by atoms with E-state index in [0.717, 1.165) is 5.56 Å². The molecule has 1 aromatic carbocycles. The Hall–Kier alpha value is -1.79. The Morgan fingerprint density at radius 2 is 1.86 bits per heavy atom. The van der Waals surface area contributed by atoms with E-state index in [-0.39, 0.29) is 18.7 Å². The van der Waals surface area contributed by atoms with Gasteiger partial charge in [-0.1, -0.05) is 19.9 Å². The van der Waals surface area contributed by atoms with Crippen molar-refractivity contribution >= 4 is 5.91 Å². The molecule has 2 rings (SSSR count). The van der Waals surface area contributed by atoms with E-state index in [0.29, 0.717) is 11.5 Å². The highest BCUT2D eigenvalue weighted by atomic mass is 16.7. The summed E-state index contributed by atoms with van der Waals surface area (Å²) in [5.74, 6) is 1.19. The number of rotatable bonds is 5. The Morgan fingerprint density at radius 3 is 2.36 bits per heavy atom.